The molecule has 17 heteroatoms. The number of carbonyl (C=O) groups is 5. The Balaban J connectivity index is 5.68. The molecule has 0 bridgehead atoms. The first kappa shape index (κ1) is 35.9. The molecule has 4 amide bonds. The highest BCUT2D eigenvalue weighted by Crippen LogP contribution is 2.11. The Morgan fingerprint density at radius 3 is 1.70 bits per heavy atom. The molecule has 0 aromatic carbocycles. The Bertz CT molecular complexity index is 919. The highest BCUT2D eigenvalue weighted by molar-refractivity contribution is 5.94. The van der Waals surface area contributed by atoms with Crippen LogP contribution in [0.1, 0.15) is 58.8 Å². The number of carboxylic acid groups (broad SMARTS) is 1. The van der Waals surface area contributed by atoms with E-state index in [1.54, 1.807) is 6.92 Å². The summed E-state index contributed by atoms with van der Waals surface area (Å²) >= 11 is 0. The molecule has 0 rings (SSSR count). The van der Waals surface area contributed by atoms with Crippen LogP contribution in [0.15, 0.2) is 9.98 Å². The first-order valence-electron chi connectivity index (χ1n) is 13.0. The first-order valence-corrected chi connectivity index (χ1v) is 13.0. The Morgan fingerprint density at radius 2 is 1.25 bits per heavy atom. The Hall–Kier alpha value is -4.15. The van der Waals surface area contributed by atoms with E-state index >= 15 is 0 Å². The van der Waals surface area contributed by atoms with Gasteiger partial charge in [-0.15, -0.1) is 0 Å². The van der Waals surface area contributed by atoms with Crippen LogP contribution in [0.5, 0.6) is 0 Å². The lowest BCUT2D eigenvalue weighted by Gasteiger charge is -2.28. The number of rotatable bonds is 20. The number of nitrogens with two attached hydrogens (primary N) is 6. The van der Waals surface area contributed by atoms with Gasteiger partial charge in [0.15, 0.2) is 11.9 Å². The molecule has 0 aliphatic heterocycles. The van der Waals surface area contributed by atoms with Crippen molar-refractivity contribution in [2.45, 2.75) is 83.0 Å². The van der Waals surface area contributed by atoms with Gasteiger partial charge in [-0.2, -0.15) is 0 Å². The summed E-state index contributed by atoms with van der Waals surface area (Å²) in [6.07, 6.45) is 1.02. The van der Waals surface area contributed by atoms with E-state index in [0.29, 0.717) is 6.42 Å². The quantitative estimate of drug-likeness (QED) is 0.0384. The zero-order valence-electron chi connectivity index (χ0n) is 23.1. The zero-order chi connectivity index (χ0) is 30.8. The molecular weight excluding hydrogens is 526 g/mol. The topological polar surface area (TPSA) is 323 Å². The van der Waals surface area contributed by atoms with Gasteiger partial charge in [0.1, 0.15) is 18.1 Å². The van der Waals surface area contributed by atoms with Crippen LogP contribution in [-0.2, 0) is 24.0 Å². The number of aliphatic imine (C=N–C) groups is 2. The van der Waals surface area contributed by atoms with E-state index in [9.17, 15) is 29.1 Å². The van der Waals surface area contributed by atoms with E-state index in [1.807, 2.05) is 6.92 Å². The zero-order valence-corrected chi connectivity index (χ0v) is 23.1. The fraction of sp³-hybridized carbons (Fsp3) is 0.696. The molecule has 0 fully saturated rings. The van der Waals surface area contributed by atoms with Crippen molar-refractivity contribution in [3.63, 3.8) is 0 Å². The van der Waals surface area contributed by atoms with Gasteiger partial charge in [-0.05, 0) is 38.0 Å². The van der Waals surface area contributed by atoms with Gasteiger partial charge in [-0.3, -0.25) is 29.2 Å². The van der Waals surface area contributed by atoms with Crippen LogP contribution in [0, 0.1) is 5.92 Å². The average Bonchev–Trinajstić information content (AvgIpc) is 2.87. The monoisotopic (exact) mass is 571 g/mol. The molecule has 0 radical (unpaired) electrons. The average molecular weight is 572 g/mol. The molecule has 17 nitrogen and oxygen atoms in total. The summed E-state index contributed by atoms with van der Waals surface area (Å²) in [5.74, 6) is -4.64. The van der Waals surface area contributed by atoms with Gasteiger partial charge >= 0.3 is 5.97 Å². The van der Waals surface area contributed by atoms with Crippen LogP contribution in [0.2, 0.25) is 0 Å². The van der Waals surface area contributed by atoms with E-state index in [0.717, 1.165) is 0 Å². The molecule has 40 heavy (non-hydrogen) atoms. The molecule has 0 aliphatic rings. The van der Waals surface area contributed by atoms with Gasteiger partial charge < -0.3 is 55.5 Å². The van der Waals surface area contributed by atoms with Crippen molar-refractivity contribution in [1.82, 2.24) is 16.0 Å². The van der Waals surface area contributed by atoms with Crippen LogP contribution < -0.4 is 50.4 Å². The second-order valence-electron chi connectivity index (χ2n) is 9.34. The minimum atomic E-state index is -1.28. The van der Waals surface area contributed by atoms with Gasteiger partial charge in [0.2, 0.25) is 23.6 Å². The fourth-order valence-corrected chi connectivity index (χ4v) is 3.46. The fourth-order valence-electron chi connectivity index (χ4n) is 3.46. The SMILES string of the molecule is CCC(C)C(NC(=O)C(N)CCC(N)=O)C(=O)NC(CCCN=C(N)N)C(=O)NC(CCCN=C(N)N)C(=O)O. The van der Waals surface area contributed by atoms with Crippen molar-refractivity contribution in [2.24, 2.45) is 50.3 Å². The molecule has 0 saturated carbocycles. The summed E-state index contributed by atoms with van der Waals surface area (Å²) in [4.78, 5) is 69.4. The second-order valence-corrected chi connectivity index (χ2v) is 9.34. The van der Waals surface area contributed by atoms with E-state index in [-0.39, 0.29) is 69.5 Å². The van der Waals surface area contributed by atoms with Crippen molar-refractivity contribution < 1.29 is 29.1 Å². The maximum absolute atomic E-state index is 13.3. The van der Waals surface area contributed by atoms with Crippen LogP contribution >= 0.6 is 0 Å². The van der Waals surface area contributed by atoms with Gasteiger partial charge in [-0.25, -0.2) is 4.79 Å². The Kier molecular flexibility index (Phi) is 17.0. The highest BCUT2D eigenvalue weighted by Gasteiger charge is 2.32. The van der Waals surface area contributed by atoms with Crippen LogP contribution in [0.25, 0.3) is 0 Å². The van der Waals surface area contributed by atoms with Crippen molar-refractivity contribution in [3.8, 4) is 0 Å². The number of nitrogens with zero attached hydrogens (tertiary/aromatic N) is 2. The van der Waals surface area contributed by atoms with E-state index in [1.165, 1.54) is 0 Å². The van der Waals surface area contributed by atoms with Crippen molar-refractivity contribution in [2.75, 3.05) is 13.1 Å². The molecule has 228 valence electrons. The van der Waals surface area contributed by atoms with Crippen molar-refractivity contribution in [3.05, 3.63) is 0 Å². The van der Waals surface area contributed by atoms with Gasteiger partial charge in [0, 0.05) is 19.5 Å². The molecule has 5 atom stereocenters. The molecule has 5 unspecified atom stereocenters. The maximum Gasteiger partial charge on any atom is 0.326 e. The number of aliphatic carboxylic acids is 1. The third kappa shape index (κ3) is 15.3. The lowest BCUT2D eigenvalue weighted by molar-refractivity contribution is -0.142. The number of primary amides is 1. The molecule has 0 aromatic heterocycles. The van der Waals surface area contributed by atoms with Gasteiger partial charge in [0.25, 0.3) is 0 Å². The summed E-state index contributed by atoms with van der Waals surface area (Å²) in [6, 6.07) is -4.60. The standard InChI is InChI=1S/C23H45N11O6/c1-3-12(2)17(34-18(36)13(24)8-9-16(25)35)20(38)32-14(6-4-10-30-22(26)27)19(37)33-15(21(39)40)7-5-11-31-23(28)29/h12-15,17H,3-11,24H2,1-2H3,(H2,25,35)(H,32,38)(H,33,37)(H,34,36)(H,39,40)(H4,26,27,30)(H4,28,29,31). The number of hydrogen-bond donors (Lipinski definition) is 10. The maximum atomic E-state index is 13.3. The normalized spacial score (nSPS) is 14.4. The first-order chi connectivity index (χ1) is 18.7. The molecular formula is C23H45N11O6. The van der Waals surface area contributed by atoms with Crippen molar-refractivity contribution >= 4 is 41.5 Å². The number of amides is 4. The lowest BCUT2D eigenvalue weighted by Crippen LogP contribution is -2.58. The minimum Gasteiger partial charge on any atom is -0.480 e. The predicted octanol–water partition coefficient (Wildman–Crippen LogP) is -3.73. The smallest absolute Gasteiger partial charge is 0.326 e. The van der Waals surface area contributed by atoms with E-state index < -0.39 is 53.8 Å². The Morgan fingerprint density at radius 1 is 0.750 bits per heavy atom. The van der Waals surface area contributed by atoms with E-state index in [4.69, 9.17) is 34.4 Å². The third-order valence-electron chi connectivity index (χ3n) is 5.97. The number of nitrogens with one attached hydrogen (secondary N) is 3. The molecule has 16 N–H and O–H groups in total. The van der Waals surface area contributed by atoms with E-state index in [2.05, 4.69) is 25.9 Å². The minimum absolute atomic E-state index is 0.00834. The molecule has 0 saturated heterocycles. The molecule has 0 spiro atoms. The predicted molar refractivity (Wildman–Crippen MR) is 149 cm³/mol. The van der Waals surface area contributed by atoms with Crippen molar-refractivity contribution in [1.29, 1.82) is 0 Å². The van der Waals surface area contributed by atoms with Crippen LogP contribution in [-0.4, -0.2) is 83.9 Å². The number of guanidine groups is 2. The summed E-state index contributed by atoms with van der Waals surface area (Å²) in [5.41, 5.74) is 32.1. The molecule has 0 aliphatic carbocycles. The largest absolute Gasteiger partial charge is 0.480 e. The summed E-state index contributed by atoms with van der Waals surface area (Å²) in [5, 5.41) is 17.2. The summed E-state index contributed by atoms with van der Waals surface area (Å²) in [7, 11) is 0. The number of hydrogen-bond acceptors (Lipinski definition) is 8. The van der Waals surface area contributed by atoms with Crippen LogP contribution in [0.4, 0.5) is 0 Å². The lowest BCUT2D eigenvalue weighted by atomic mass is 9.96. The number of carboxylic acids is 1. The third-order valence-corrected chi connectivity index (χ3v) is 5.97. The van der Waals surface area contributed by atoms with Gasteiger partial charge in [0.05, 0.1) is 6.04 Å². The summed E-state index contributed by atoms with van der Waals surface area (Å²) in [6.45, 7) is 3.86. The molecule has 0 heterocycles. The highest BCUT2D eigenvalue weighted by atomic mass is 16.4. The van der Waals surface area contributed by atoms with Gasteiger partial charge in [-0.1, -0.05) is 20.3 Å². The Labute approximate surface area is 233 Å². The molecule has 0 aromatic rings. The number of carbonyl (C=O) groups excluding carboxylic acids is 4. The van der Waals surface area contributed by atoms with Crippen LogP contribution in [0.3, 0.4) is 0 Å². The summed E-state index contributed by atoms with van der Waals surface area (Å²) < 4.78 is 0. The second kappa shape index (κ2) is 19.0.